The zero-order valence-corrected chi connectivity index (χ0v) is 18.8. The van der Waals surface area contributed by atoms with Crippen molar-refractivity contribution in [2.75, 3.05) is 24.5 Å². The molecule has 0 spiro atoms. The number of carbonyl (C=O) groups is 3. The number of anilines is 2. The molecule has 2 aromatic rings. The lowest BCUT2D eigenvalue weighted by molar-refractivity contribution is -0.135. The lowest BCUT2D eigenvalue weighted by Crippen LogP contribution is -2.47. The van der Waals surface area contributed by atoms with Crippen LogP contribution in [0.2, 0.25) is 0 Å². The molecule has 4 amide bonds. The van der Waals surface area contributed by atoms with E-state index in [9.17, 15) is 14.4 Å². The van der Waals surface area contributed by atoms with Gasteiger partial charge in [0.15, 0.2) is 0 Å². The normalized spacial score (nSPS) is 21.8. The van der Waals surface area contributed by atoms with Crippen LogP contribution in [0.4, 0.5) is 16.2 Å². The summed E-state index contributed by atoms with van der Waals surface area (Å²) in [4.78, 5) is 43.1. The van der Waals surface area contributed by atoms with Crippen LogP contribution in [-0.2, 0) is 9.59 Å². The number of nitrogens with zero attached hydrogens (tertiary/aromatic N) is 2. The Morgan fingerprint density at radius 2 is 1.69 bits per heavy atom. The third-order valence-corrected chi connectivity index (χ3v) is 7.54. The van der Waals surface area contributed by atoms with Gasteiger partial charge in [-0.25, -0.2) is 4.79 Å². The van der Waals surface area contributed by atoms with E-state index in [0.717, 1.165) is 30.7 Å². The first kappa shape index (κ1) is 20.9. The molecule has 2 heterocycles. The zero-order chi connectivity index (χ0) is 22.3. The van der Waals surface area contributed by atoms with Gasteiger partial charge in [0.1, 0.15) is 12.1 Å². The fourth-order valence-electron chi connectivity index (χ4n) is 4.48. The van der Waals surface area contributed by atoms with E-state index in [-0.39, 0.29) is 24.3 Å². The number of imide groups is 1. The number of para-hydroxylation sites is 2. The molecule has 0 bridgehead atoms. The molecule has 1 saturated heterocycles. The predicted octanol–water partition coefficient (Wildman–Crippen LogP) is 3.52. The van der Waals surface area contributed by atoms with Gasteiger partial charge in [0.25, 0.3) is 5.91 Å². The van der Waals surface area contributed by atoms with Crippen LogP contribution in [0.15, 0.2) is 58.3 Å². The van der Waals surface area contributed by atoms with Gasteiger partial charge in [-0.1, -0.05) is 36.0 Å². The van der Waals surface area contributed by atoms with E-state index < -0.39 is 11.6 Å². The molecule has 0 aromatic heterocycles. The number of benzene rings is 2. The second-order valence-electron chi connectivity index (χ2n) is 8.69. The number of urea groups is 1. The Hall–Kier alpha value is -3.00. The maximum absolute atomic E-state index is 12.7. The average molecular weight is 451 g/mol. The summed E-state index contributed by atoms with van der Waals surface area (Å²) in [5, 5.41) is 5.64. The largest absolute Gasteiger partial charge is 0.354 e. The zero-order valence-electron chi connectivity index (χ0n) is 18.0. The first-order valence-electron chi connectivity index (χ1n) is 11.0. The van der Waals surface area contributed by atoms with Crippen molar-refractivity contribution in [3.05, 3.63) is 48.5 Å². The third kappa shape index (κ3) is 3.72. The molecule has 8 heteroatoms. The second kappa shape index (κ2) is 8.16. The van der Waals surface area contributed by atoms with Crippen LogP contribution in [0.3, 0.4) is 0 Å². The van der Waals surface area contributed by atoms with E-state index in [1.54, 1.807) is 18.7 Å². The SMILES string of the molecule is CC1(C2CC2)NC(=O)N(CC(=O)NCCCN2c3ccccc3Sc3ccccc32)C1=O. The summed E-state index contributed by atoms with van der Waals surface area (Å²) in [7, 11) is 0. The summed E-state index contributed by atoms with van der Waals surface area (Å²) in [6.07, 6.45) is 2.60. The van der Waals surface area contributed by atoms with E-state index >= 15 is 0 Å². The highest BCUT2D eigenvalue weighted by Crippen LogP contribution is 2.47. The van der Waals surface area contributed by atoms with Crippen molar-refractivity contribution in [3.63, 3.8) is 0 Å². The van der Waals surface area contributed by atoms with Crippen LogP contribution in [0.5, 0.6) is 0 Å². The number of hydrogen-bond acceptors (Lipinski definition) is 5. The average Bonchev–Trinajstić information content (AvgIpc) is 3.62. The lowest BCUT2D eigenvalue weighted by atomic mass is 9.96. The Kier molecular flexibility index (Phi) is 5.33. The summed E-state index contributed by atoms with van der Waals surface area (Å²) < 4.78 is 0. The summed E-state index contributed by atoms with van der Waals surface area (Å²) in [6, 6.07) is 16.2. The van der Waals surface area contributed by atoms with Crippen molar-refractivity contribution in [2.24, 2.45) is 5.92 Å². The van der Waals surface area contributed by atoms with Gasteiger partial charge in [-0.15, -0.1) is 0 Å². The van der Waals surface area contributed by atoms with Crippen LogP contribution in [0, 0.1) is 5.92 Å². The molecule has 1 saturated carbocycles. The molecule has 2 aromatic carbocycles. The third-order valence-electron chi connectivity index (χ3n) is 6.41. The van der Waals surface area contributed by atoms with Gasteiger partial charge in [-0.05, 0) is 56.4 Å². The fourth-order valence-corrected chi connectivity index (χ4v) is 5.58. The molecule has 32 heavy (non-hydrogen) atoms. The van der Waals surface area contributed by atoms with Gasteiger partial charge in [0.2, 0.25) is 5.91 Å². The Labute approximate surface area is 191 Å². The van der Waals surface area contributed by atoms with Crippen LogP contribution >= 0.6 is 11.8 Å². The van der Waals surface area contributed by atoms with E-state index in [2.05, 4.69) is 39.8 Å². The van der Waals surface area contributed by atoms with Gasteiger partial charge in [-0.2, -0.15) is 0 Å². The smallest absolute Gasteiger partial charge is 0.325 e. The van der Waals surface area contributed by atoms with Crippen molar-refractivity contribution >= 4 is 41.0 Å². The Bertz CT molecular complexity index is 1040. The van der Waals surface area contributed by atoms with E-state index in [1.165, 1.54) is 21.2 Å². The maximum atomic E-state index is 12.7. The second-order valence-corrected chi connectivity index (χ2v) is 9.77. The molecule has 0 radical (unpaired) electrons. The molecule has 1 atom stereocenters. The van der Waals surface area contributed by atoms with Crippen LogP contribution in [0.25, 0.3) is 0 Å². The number of nitrogens with one attached hydrogen (secondary N) is 2. The Morgan fingerprint density at radius 1 is 1.06 bits per heavy atom. The molecule has 2 N–H and O–H groups in total. The molecular formula is C24H26N4O3S. The molecule has 3 aliphatic rings. The number of amides is 4. The van der Waals surface area contributed by atoms with Crippen molar-refractivity contribution in [1.29, 1.82) is 0 Å². The molecule has 5 rings (SSSR count). The molecular weight excluding hydrogens is 424 g/mol. The van der Waals surface area contributed by atoms with Crippen molar-refractivity contribution in [1.82, 2.24) is 15.5 Å². The minimum atomic E-state index is -0.857. The van der Waals surface area contributed by atoms with Crippen molar-refractivity contribution in [3.8, 4) is 0 Å². The predicted molar refractivity (Wildman–Crippen MR) is 123 cm³/mol. The van der Waals surface area contributed by atoms with E-state index in [4.69, 9.17) is 0 Å². The van der Waals surface area contributed by atoms with Gasteiger partial charge < -0.3 is 15.5 Å². The first-order valence-corrected chi connectivity index (χ1v) is 11.8. The fraction of sp³-hybridized carbons (Fsp3) is 0.375. The quantitative estimate of drug-likeness (QED) is 0.498. The van der Waals surface area contributed by atoms with E-state index in [0.29, 0.717) is 6.54 Å². The van der Waals surface area contributed by atoms with Gasteiger partial charge in [-0.3, -0.25) is 14.5 Å². The number of rotatable bonds is 7. The molecule has 1 aliphatic carbocycles. The Balaban J connectivity index is 1.16. The summed E-state index contributed by atoms with van der Waals surface area (Å²) in [5.41, 5.74) is 1.48. The van der Waals surface area contributed by atoms with Crippen molar-refractivity contribution < 1.29 is 14.4 Å². The van der Waals surface area contributed by atoms with Crippen LogP contribution in [-0.4, -0.2) is 47.9 Å². The molecule has 2 aliphatic heterocycles. The number of hydrogen-bond donors (Lipinski definition) is 2. The standard InChI is InChI=1S/C24H26N4O3S/c1-24(16-11-12-16)22(30)28(23(31)26-24)15-21(29)25-13-6-14-27-17-7-2-4-9-19(17)32-20-10-5-3-8-18(20)27/h2-5,7-10,16H,6,11-15H2,1H3,(H,25,29)(H,26,31). The summed E-state index contributed by atoms with van der Waals surface area (Å²) in [6.45, 7) is 2.74. The number of fused-ring (bicyclic) bond motifs is 2. The van der Waals surface area contributed by atoms with Gasteiger partial charge >= 0.3 is 6.03 Å². The van der Waals surface area contributed by atoms with Crippen LogP contribution in [0.1, 0.15) is 26.2 Å². The number of carbonyl (C=O) groups excluding carboxylic acids is 3. The minimum Gasteiger partial charge on any atom is -0.354 e. The van der Waals surface area contributed by atoms with Gasteiger partial charge in [0, 0.05) is 22.9 Å². The van der Waals surface area contributed by atoms with Crippen LogP contribution < -0.4 is 15.5 Å². The summed E-state index contributed by atoms with van der Waals surface area (Å²) in [5.74, 6) is -0.428. The topological polar surface area (TPSA) is 81.8 Å². The minimum absolute atomic E-state index is 0.181. The molecule has 7 nitrogen and oxygen atoms in total. The molecule has 166 valence electrons. The van der Waals surface area contributed by atoms with Gasteiger partial charge in [0.05, 0.1) is 11.4 Å². The lowest BCUT2D eigenvalue weighted by Gasteiger charge is -2.32. The first-order chi connectivity index (χ1) is 15.5. The van der Waals surface area contributed by atoms with E-state index in [1.807, 2.05) is 24.3 Å². The molecule has 2 fully saturated rings. The van der Waals surface area contributed by atoms with Crippen molar-refractivity contribution in [2.45, 2.75) is 41.5 Å². The summed E-state index contributed by atoms with van der Waals surface area (Å²) >= 11 is 1.77. The molecule has 1 unspecified atom stereocenters. The maximum Gasteiger partial charge on any atom is 0.325 e. The highest BCUT2D eigenvalue weighted by molar-refractivity contribution is 7.99. The highest BCUT2D eigenvalue weighted by atomic mass is 32.2. The highest BCUT2D eigenvalue weighted by Gasteiger charge is 2.56. The Morgan fingerprint density at radius 3 is 2.31 bits per heavy atom. The monoisotopic (exact) mass is 450 g/mol.